The van der Waals surface area contributed by atoms with Crippen molar-refractivity contribution in [1.82, 2.24) is 19.3 Å². The van der Waals surface area contributed by atoms with Gasteiger partial charge >= 0.3 is 0 Å². The van der Waals surface area contributed by atoms with Crippen LogP contribution in [0.2, 0.25) is 0 Å². The van der Waals surface area contributed by atoms with Crippen molar-refractivity contribution >= 4 is 16.3 Å². The normalized spacial score (nSPS) is 13.4. The average molecular weight is 565 g/mol. The van der Waals surface area contributed by atoms with E-state index in [1.165, 1.54) is 11.4 Å². The van der Waals surface area contributed by atoms with Crippen LogP contribution >= 0.6 is 0 Å². The Kier molecular flexibility index (Phi) is 7.71. The lowest BCUT2D eigenvalue weighted by atomic mass is 10.0. The molecule has 5 rings (SSSR count). The number of ether oxygens (including phenoxy) is 4. The monoisotopic (exact) mass is 564 g/mol. The van der Waals surface area contributed by atoms with Gasteiger partial charge in [-0.25, -0.2) is 13.1 Å². The van der Waals surface area contributed by atoms with Crippen molar-refractivity contribution in [1.29, 1.82) is 0 Å². The summed E-state index contributed by atoms with van der Waals surface area (Å²) in [7, 11) is 0.908. The Morgan fingerprint density at radius 3 is 2.23 bits per heavy atom. The summed E-state index contributed by atoms with van der Waals surface area (Å²) in [6.07, 6.45) is 3.00. The van der Waals surface area contributed by atoms with E-state index in [2.05, 4.69) is 10.3 Å². The van der Waals surface area contributed by atoms with Crippen LogP contribution in [0.3, 0.4) is 0 Å². The van der Waals surface area contributed by atoms with Crippen molar-refractivity contribution in [2.75, 3.05) is 27.9 Å². The fraction of sp³-hybridized carbons (Fsp3) is 0.250. The number of aldehydes is 1. The summed E-state index contributed by atoms with van der Waals surface area (Å²) in [4.78, 5) is 11.2. The Morgan fingerprint density at radius 1 is 0.875 bits per heavy atom. The van der Waals surface area contributed by atoms with Gasteiger partial charge in [0.05, 0.1) is 38.1 Å². The minimum Gasteiger partial charge on any atom is -0.493 e. The van der Waals surface area contributed by atoms with E-state index in [1.807, 2.05) is 12.1 Å². The standard InChI is InChI=1S/C28H28N4O7S/c1-36-26-12-19(17-33)4-9-25(26)39-18-22-16-32(30-29-22)23-5-7-24(8-6-23)40(34,35)31-11-10-20-13-27(37-2)28(38-3)14-21(20)15-31/h4-9,12-14,16-17H,10-11,15,18H2,1-3H3. The third-order valence-corrected chi connectivity index (χ3v) is 8.52. The molecule has 0 spiro atoms. The van der Waals surface area contributed by atoms with Crippen molar-refractivity contribution in [3.63, 3.8) is 0 Å². The van der Waals surface area contributed by atoms with E-state index in [-0.39, 0.29) is 18.0 Å². The molecule has 0 fully saturated rings. The van der Waals surface area contributed by atoms with Crippen molar-refractivity contribution in [2.24, 2.45) is 0 Å². The van der Waals surface area contributed by atoms with E-state index < -0.39 is 10.0 Å². The smallest absolute Gasteiger partial charge is 0.243 e. The number of sulfonamides is 1. The van der Waals surface area contributed by atoms with Crippen LogP contribution in [0, 0.1) is 0 Å². The molecule has 3 aromatic carbocycles. The summed E-state index contributed by atoms with van der Waals surface area (Å²) in [5.74, 6) is 2.10. The van der Waals surface area contributed by atoms with Crippen LogP contribution in [-0.2, 0) is 29.6 Å². The molecule has 0 saturated heterocycles. The highest BCUT2D eigenvalue weighted by atomic mass is 32.2. The first-order valence-electron chi connectivity index (χ1n) is 12.4. The van der Waals surface area contributed by atoms with Gasteiger partial charge in [0.1, 0.15) is 18.6 Å². The van der Waals surface area contributed by atoms with Crippen molar-refractivity contribution < 1.29 is 32.2 Å². The fourth-order valence-corrected chi connectivity index (χ4v) is 5.92. The zero-order valence-electron chi connectivity index (χ0n) is 22.2. The Bertz CT molecular complexity index is 1640. The van der Waals surface area contributed by atoms with Gasteiger partial charge in [0.2, 0.25) is 10.0 Å². The molecule has 2 heterocycles. The highest BCUT2D eigenvalue weighted by molar-refractivity contribution is 7.89. The molecule has 1 aliphatic rings. The summed E-state index contributed by atoms with van der Waals surface area (Å²) in [5.41, 5.74) is 3.61. The second-order valence-corrected chi connectivity index (χ2v) is 11.0. The molecule has 0 atom stereocenters. The summed E-state index contributed by atoms with van der Waals surface area (Å²) in [6.45, 7) is 0.729. The Balaban J connectivity index is 1.27. The first kappa shape index (κ1) is 27.2. The Labute approximate surface area is 231 Å². The van der Waals surface area contributed by atoms with Crippen LogP contribution in [0.4, 0.5) is 0 Å². The topological polar surface area (TPSA) is 122 Å². The van der Waals surface area contributed by atoms with E-state index in [9.17, 15) is 13.2 Å². The first-order valence-corrected chi connectivity index (χ1v) is 13.8. The highest BCUT2D eigenvalue weighted by Gasteiger charge is 2.29. The third-order valence-electron chi connectivity index (χ3n) is 6.66. The Hall–Kier alpha value is -4.42. The zero-order valence-corrected chi connectivity index (χ0v) is 23.1. The van der Waals surface area contributed by atoms with E-state index in [0.717, 1.165) is 17.4 Å². The van der Waals surface area contributed by atoms with Gasteiger partial charge in [0.25, 0.3) is 0 Å². The molecule has 11 nitrogen and oxygen atoms in total. The highest BCUT2D eigenvalue weighted by Crippen LogP contribution is 2.35. The number of benzene rings is 3. The minimum absolute atomic E-state index is 0.121. The summed E-state index contributed by atoms with van der Waals surface area (Å²) < 4.78 is 51.7. The number of carbonyl (C=O) groups is 1. The fourth-order valence-electron chi connectivity index (χ4n) is 4.50. The van der Waals surface area contributed by atoms with Crippen molar-refractivity contribution in [3.8, 4) is 28.7 Å². The number of aromatic nitrogens is 3. The molecule has 0 radical (unpaired) electrons. The maximum absolute atomic E-state index is 13.4. The molecule has 0 aliphatic carbocycles. The van der Waals surface area contributed by atoms with E-state index in [4.69, 9.17) is 18.9 Å². The molecule has 40 heavy (non-hydrogen) atoms. The SMILES string of the molecule is COc1cc2c(cc1OC)CN(S(=O)(=O)c1ccc(-n3cc(COc4ccc(C=O)cc4OC)nn3)cc1)CC2. The van der Waals surface area contributed by atoms with Gasteiger partial charge < -0.3 is 18.9 Å². The zero-order chi connectivity index (χ0) is 28.3. The van der Waals surface area contributed by atoms with Crippen LogP contribution in [0.25, 0.3) is 5.69 Å². The summed E-state index contributed by atoms with van der Waals surface area (Å²) in [5, 5.41) is 8.27. The maximum atomic E-state index is 13.4. The predicted molar refractivity (Wildman–Crippen MR) is 145 cm³/mol. The average Bonchev–Trinajstić information content (AvgIpc) is 3.48. The number of methoxy groups -OCH3 is 3. The third kappa shape index (κ3) is 5.36. The van der Waals surface area contributed by atoms with Gasteiger partial charge in [-0.15, -0.1) is 5.10 Å². The van der Waals surface area contributed by atoms with Crippen molar-refractivity contribution in [3.05, 3.63) is 83.2 Å². The second kappa shape index (κ2) is 11.4. The number of nitrogens with zero attached hydrogens (tertiary/aromatic N) is 4. The molecular weight excluding hydrogens is 536 g/mol. The van der Waals surface area contributed by atoms with Gasteiger partial charge in [-0.2, -0.15) is 4.31 Å². The number of carbonyl (C=O) groups excluding carboxylic acids is 1. The maximum Gasteiger partial charge on any atom is 0.243 e. The van der Waals surface area contributed by atoms with Gasteiger partial charge in [0, 0.05) is 18.7 Å². The van der Waals surface area contributed by atoms with E-state index in [1.54, 1.807) is 67.6 Å². The van der Waals surface area contributed by atoms with Crippen LogP contribution < -0.4 is 18.9 Å². The molecule has 0 N–H and O–H groups in total. The number of fused-ring (bicyclic) bond motifs is 1. The predicted octanol–water partition coefficient (Wildman–Crippen LogP) is 3.43. The number of hydrogen-bond donors (Lipinski definition) is 0. The van der Waals surface area contributed by atoms with E-state index in [0.29, 0.717) is 52.9 Å². The molecule has 0 amide bonds. The van der Waals surface area contributed by atoms with Gasteiger partial charge in [0.15, 0.2) is 23.0 Å². The number of rotatable bonds is 10. The molecule has 1 aromatic heterocycles. The Morgan fingerprint density at radius 2 is 1.55 bits per heavy atom. The summed E-state index contributed by atoms with van der Waals surface area (Å²) in [6, 6.07) is 15.1. The quantitative estimate of drug-likeness (QED) is 0.267. The van der Waals surface area contributed by atoms with Crippen molar-refractivity contribution in [2.45, 2.75) is 24.5 Å². The molecular formula is C28H28N4O7S. The first-order chi connectivity index (χ1) is 19.4. The van der Waals surface area contributed by atoms with Gasteiger partial charge in [-0.05, 0) is 72.1 Å². The molecule has 208 valence electrons. The molecule has 0 bridgehead atoms. The molecule has 0 unspecified atom stereocenters. The number of hydrogen-bond acceptors (Lipinski definition) is 9. The lowest BCUT2D eigenvalue weighted by Crippen LogP contribution is -2.36. The lowest BCUT2D eigenvalue weighted by Gasteiger charge is -2.29. The lowest BCUT2D eigenvalue weighted by molar-refractivity contribution is 0.112. The molecule has 1 aliphatic heterocycles. The van der Waals surface area contributed by atoms with Crippen LogP contribution in [0.1, 0.15) is 27.2 Å². The molecule has 0 saturated carbocycles. The largest absolute Gasteiger partial charge is 0.493 e. The molecule has 4 aromatic rings. The van der Waals surface area contributed by atoms with Gasteiger partial charge in [-0.3, -0.25) is 4.79 Å². The second-order valence-electron chi connectivity index (χ2n) is 9.03. The van der Waals surface area contributed by atoms with Gasteiger partial charge in [-0.1, -0.05) is 5.21 Å². The van der Waals surface area contributed by atoms with Crippen LogP contribution in [-0.4, -0.2) is 61.9 Å². The van der Waals surface area contributed by atoms with Crippen LogP contribution in [0.5, 0.6) is 23.0 Å². The van der Waals surface area contributed by atoms with Crippen LogP contribution in [0.15, 0.2) is 65.7 Å². The minimum atomic E-state index is -3.72. The van der Waals surface area contributed by atoms with E-state index >= 15 is 0 Å². The summed E-state index contributed by atoms with van der Waals surface area (Å²) >= 11 is 0. The molecule has 12 heteroatoms.